The maximum Gasteiger partial charge on any atom is 0.333 e. The molecule has 1 unspecified atom stereocenters. The van der Waals surface area contributed by atoms with Gasteiger partial charge in [-0.2, -0.15) is 0 Å². The van der Waals surface area contributed by atoms with Crippen LogP contribution in [0.1, 0.15) is 53.8 Å². The third-order valence-electron chi connectivity index (χ3n) is 6.47. The van der Waals surface area contributed by atoms with E-state index in [0.29, 0.717) is 29.5 Å². The fraction of sp³-hybridized carbons (Fsp3) is 0.400. The zero-order valence-electron chi connectivity index (χ0n) is 20.2. The first-order valence-corrected chi connectivity index (χ1v) is 12.0. The van der Waals surface area contributed by atoms with Crippen LogP contribution in [-0.4, -0.2) is 43.9 Å². The lowest BCUT2D eigenvalue weighted by Crippen LogP contribution is -2.45. The summed E-state index contributed by atoms with van der Waals surface area (Å²) in [7, 11) is 1.48. The van der Waals surface area contributed by atoms with Crippen molar-refractivity contribution in [1.82, 2.24) is 19.0 Å². The van der Waals surface area contributed by atoms with Gasteiger partial charge in [-0.1, -0.05) is 17.7 Å². The van der Waals surface area contributed by atoms with Crippen LogP contribution in [-0.2, 0) is 11.8 Å². The zero-order chi connectivity index (χ0) is 25.4. The third-order valence-corrected chi connectivity index (χ3v) is 6.70. The molecule has 1 aliphatic heterocycles. The number of nitrogens with zero attached hydrogens (tertiary/aromatic N) is 4. The molecule has 1 aliphatic rings. The van der Waals surface area contributed by atoms with Crippen molar-refractivity contribution in [2.75, 3.05) is 18.4 Å². The molecule has 1 fully saturated rings. The van der Waals surface area contributed by atoms with E-state index < -0.39 is 23.2 Å². The van der Waals surface area contributed by atoms with Crippen LogP contribution in [0.3, 0.4) is 0 Å². The molecule has 1 N–H and O–H groups in total. The molecule has 1 atom stereocenters. The summed E-state index contributed by atoms with van der Waals surface area (Å²) < 4.78 is 2.09. The van der Waals surface area contributed by atoms with Gasteiger partial charge in [-0.05, 0) is 63.8 Å². The number of pyridine rings is 1. The molecule has 10 heteroatoms. The molecule has 3 aromatic rings. The number of benzene rings is 1. The molecule has 0 bridgehead atoms. The van der Waals surface area contributed by atoms with Crippen molar-refractivity contribution in [1.29, 1.82) is 0 Å². The Kier molecular flexibility index (Phi) is 6.80. The molecule has 3 heterocycles. The molecule has 0 radical (unpaired) electrons. The number of amides is 2. The summed E-state index contributed by atoms with van der Waals surface area (Å²) in [5.41, 5.74) is 0.689. The number of hydrogen-bond donors (Lipinski definition) is 1. The Morgan fingerprint density at radius 2 is 1.77 bits per heavy atom. The highest BCUT2D eigenvalue weighted by molar-refractivity contribution is 6.31. The van der Waals surface area contributed by atoms with Crippen LogP contribution in [0.15, 0.2) is 33.9 Å². The first-order valence-electron chi connectivity index (χ1n) is 11.6. The molecule has 0 saturated carbocycles. The minimum absolute atomic E-state index is 0.0341. The van der Waals surface area contributed by atoms with E-state index in [1.807, 2.05) is 6.92 Å². The van der Waals surface area contributed by atoms with Crippen molar-refractivity contribution in [3.63, 3.8) is 0 Å². The fourth-order valence-corrected chi connectivity index (χ4v) is 4.60. The number of carbonyl (C=O) groups excluding carboxylic acids is 2. The summed E-state index contributed by atoms with van der Waals surface area (Å²) >= 11 is 6.05. The third kappa shape index (κ3) is 4.60. The van der Waals surface area contributed by atoms with Gasteiger partial charge in [-0.3, -0.25) is 19.0 Å². The molecule has 4 rings (SSSR count). The number of likely N-dealkylation sites (tertiary alicyclic amines) is 1. The van der Waals surface area contributed by atoms with Gasteiger partial charge < -0.3 is 10.2 Å². The highest BCUT2D eigenvalue weighted by Crippen LogP contribution is 2.22. The first kappa shape index (κ1) is 24.7. The number of anilines is 1. The number of rotatable bonds is 4. The number of aryl methyl sites for hydroxylation is 3. The molecule has 9 nitrogen and oxygen atoms in total. The lowest BCUT2D eigenvalue weighted by atomic mass is 10.1. The number of piperidine rings is 1. The molecule has 0 aliphatic carbocycles. The van der Waals surface area contributed by atoms with Gasteiger partial charge in [0.15, 0.2) is 0 Å². The summed E-state index contributed by atoms with van der Waals surface area (Å²) in [6.07, 6.45) is 2.85. The maximum absolute atomic E-state index is 13.7. The van der Waals surface area contributed by atoms with Crippen molar-refractivity contribution in [3.05, 3.63) is 66.9 Å². The number of aromatic nitrogens is 3. The smallest absolute Gasteiger partial charge is 0.333 e. The van der Waals surface area contributed by atoms with Crippen molar-refractivity contribution < 1.29 is 9.59 Å². The van der Waals surface area contributed by atoms with Gasteiger partial charge in [-0.25, -0.2) is 14.3 Å². The van der Waals surface area contributed by atoms with Gasteiger partial charge in [0.2, 0.25) is 5.91 Å². The Morgan fingerprint density at radius 3 is 2.46 bits per heavy atom. The van der Waals surface area contributed by atoms with E-state index >= 15 is 0 Å². The van der Waals surface area contributed by atoms with E-state index in [1.165, 1.54) is 18.5 Å². The maximum atomic E-state index is 13.7. The van der Waals surface area contributed by atoms with Crippen molar-refractivity contribution >= 4 is 40.1 Å². The number of hydrogen-bond acceptors (Lipinski definition) is 5. The zero-order valence-corrected chi connectivity index (χ0v) is 21.0. The summed E-state index contributed by atoms with van der Waals surface area (Å²) in [6, 6.07) is 5.50. The Balaban J connectivity index is 1.84. The molecular formula is C25H28ClN5O4. The summed E-state index contributed by atoms with van der Waals surface area (Å²) in [5, 5.41) is 3.23. The average molecular weight is 498 g/mol. The van der Waals surface area contributed by atoms with Crippen LogP contribution in [0.2, 0.25) is 5.02 Å². The Labute approximate surface area is 207 Å². The standard InChI is InChI=1S/C25H28ClN5O4/c1-14-8-9-17(26)13-19(14)28-22(32)16(3)31-24(34)20-18(23(33)30-10-6-5-7-11-30)12-15(2)27-21(20)29(4)25(31)35/h8-9,12-13,16H,5-7,10-11H2,1-4H3,(H,28,32). The molecule has 2 amide bonds. The van der Waals surface area contributed by atoms with Gasteiger partial charge in [0.1, 0.15) is 11.7 Å². The predicted octanol–water partition coefficient (Wildman–Crippen LogP) is 3.19. The number of carbonyl (C=O) groups is 2. The minimum atomic E-state index is -1.15. The van der Waals surface area contributed by atoms with Crippen LogP contribution in [0.5, 0.6) is 0 Å². The summed E-state index contributed by atoms with van der Waals surface area (Å²) in [4.78, 5) is 59.5. The first-order chi connectivity index (χ1) is 16.6. The van der Waals surface area contributed by atoms with Crippen LogP contribution in [0.25, 0.3) is 11.0 Å². The van der Waals surface area contributed by atoms with Gasteiger partial charge in [0.25, 0.3) is 11.5 Å². The lowest BCUT2D eigenvalue weighted by Gasteiger charge is -2.27. The molecule has 1 aromatic carbocycles. The van der Waals surface area contributed by atoms with Crippen molar-refractivity contribution in [2.24, 2.45) is 7.05 Å². The van der Waals surface area contributed by atoms with Crippen molar-refractivity contribution in [3.8, 4) is 0 Å². The SMILES string of the molecule is Cc1cc(C(=O)N2CCCCC2)c2c(=O)n(C(C)C(=O)Nc3cc(Cl)ccc3C)c(=O)n(C)c2n1. The average Bonchev–Trinajstić information content (AvgIpc) is 2.84. The minimum Gasteiger partial charge on any atom is -0.339 e. The monoisotopic (exact) mass is 497 g/mol. The highest BCUT2D eigenvalue weighted by atomic mass is 35.5. The van der Waals surface area contributed by atoms with Crippen LogP contribution in [0.4, 0.5) is 5.69 Å². The summed E-state index contributed by atoms with van der Waals surface area (Å²) in [6.45, 7) is 6.21. The molecule has 1 saturated heterocycles. The van der Waals surface area contributed by atoms with Crippen molar-refractivity contribution in [2.45, 2.75) is 46.1 Å². The summed E-state index contributed by atoms with van der Waals surface area (Å²) in [5.74, 6) is -0.827. The predicted molar refractivity (Wildman–Crippen MR) is 135 cm³/mol. The molecule has 2 aromatic heterocycles. The van der Waals surface area contributed by atoms with Gasteiger partial charge in [0, 0.05) is 36.5 Å². The number of halogens is 1. The van der Waals surface area contributed by atoms with Crippen LogP contribution in [0, 0.1) is 13.8 Å². The molecule has 35 heavy (non-hydrogen) atoms. The van der Waals surface area contributed by atoms with Gasteiger partial charge >= 0.3 is 5.69 Å². The normalized spacial score (nSPS) is 14.7. The van der Waals surface area contributed by atoms with Crippen LogP contribution >= 0.6 is 11.6 Å². The number of nitrogens with one attached hydrogen (secondary N) is 1. The van der Waals surface area contributed by atoms with Crippen LogP contribution < -0.4 is 16.6 Å². The largest absolute Gasteiger partial charge is 0.339 e. The Bertz CT molecular complexity index is 1450. The van der Waals surface area contributed by atoms with Gasteiger partial charge in [-0.15, -0.1) is 0 Å². The van der Waals surface area contributed by atoms with E-state index in [1.54, 1.807) is 36.1 Å². The van der Waals surface area contributed by atoms with Gasteiger partial charge in [0.05, 0.1) is 10.9 Å². The molecule has 184 valence electrons. The van der Waals surface area contributed by atoms with E-state index in [2.05, 4.69) is 10.3 Å². The van der Waals surface area contributed by atoms with E-state index in [9.17, 15) is 19.2 Å². The lowest BCUT2D eigenvalue weighted by molar-refractivity contribution is -0.119. The molecule has 0 spiro atoms. The quantitative estimate of drug-likeness (QED) is 0.595. The second-order valence-corrected chi connectivity index (χ2v) is 9.44. The highest BCUT2D eigenvalue weighted by Gasteiger charge is 2.28. The fourth-order valence-electron chi connectivity index (χ4n) is 4.43. The second kappa shape index (κ2) is 9.65. The second-order valence-electron chi connectivity index (χ2n) is 9.00. The Hall–Kier alpha value is -3.46. The molecular weight excluding hydrogens is 470 g/mol. The van der Waals surface area contributed by atoms with E-state index in [-0.39, 0.29) is 22.5 Å². The van der Waals surface area contributed by atoms with E-state index in [0.717, 1.165) is 29.4 Å². The topological polar surface area (TPSA) is 106 Å². The number of fused-ring (bicyclic) bond motifs is 1. The Morgan fingerprint density at radius 1 is 1.09 bits per heavy atom. The van der Waals surface area contributed by atoms with E-state index in [4.69, 9.17) is 11.6 Å².